The van der Waals surface area contributed by atoms with Crippen molar-refractivity contribution in [1.29, 1.82) is 0 Å². The maximum atomic E-state index is 13.2. The van der Waals surface area contributed by atoms with Gasteiger partial charge in [0, 0.05) is 0 Å². The zero-order valence-electron chi connectivity index (χ0n) is 9.92. The first-order valence-corrected chi connectivity index (χ1v) is 5.46. The SMILES string of the molecule is Cc1cc(-c2ccc(F)c(C(F)(F)F)c2)ccc1O. The fourth-order valence-corrected chi connectivity index (χ4v) is 1.76. The molecular formula is C14H10F4O. The molecular weight excluding hydrogens is 260 g/mol. The Morgan fingerprint density at radius 1 is 0.947 bits per heavy atom. The molecule has 0 aromatic heterocycles. The minimum atomic E-state index is -4.73. The van der Waals surface area contributed by atoms with E-state index in [-0.39, 0.29) is 11.3 Å². The van der Waals surface area contributed by atoms with Gasteiger partial charge in [-0.1, -0.05) is 12.1 Å². The van der Waals surface area contributed by atoms with E-state index in [9.17, 15) is 22.7 Å². The molecule has 0 bridgehead atoms. The van der Waals surface area contributed by atoms with Crippen LogP contribution in [-0.4, -0.2) is 5.11 Å². The number of aromatic hydroxyl groups is 1. The van der Waals surface area contributed by atoms with Crippen molar-refractivity contribution in [2.45, 2.75) is 13.1 Å². The van der Waals surface area contributed by atoms with E-state index in [0.29, 0.717) is 11.1 Å². The van der Waals surface area contributed by atoms with Crippen LogP contribution < -0.4 is 0 Å². The molecule has 0 heterocycles. The van der Waals surface area contributed by atoms with Gasteiger partial charge in [0.25, 0.3) is 0 Å². The first-order valence-electron chi connectivity index (χ1n) is 5.46. The van der Waals surface area contributed by atoms with Gasteiger partial charge in [-0.2, -0.15) is 13.2 Å². The van der Waals surface area contributed by atoms with Gasteiger partial charge in [-0.05, 0) is 47.9 Å². The van der Waals surface area contributed by atoms with E-state index in [2.05, 4.69) is 0 Å². The Balaban J connectivity index is 2.54. The zero-order valence-corrected chi connectivity index (χ0v) is 9.92. The van der Waals surface area contributed by atoms with Crippen LogP contribution in [0.1, 0.15) is 11.1 Å². The summed E-state index contributed by atoms with van der Waals surface area (Å²) in [5.74, 6) is -1.24. The summed E-state index contributed by atoms with van der Waals surface area (Å²) in [7, 11) is 0. The molecule has 0 aliphatic heterocycles. The van der Waals surface area contributed by atoms with E-state index >= 15 is 0 Å². The molecule has 0 radical (unpaired) electrons. The van der Waals surface area contributed by atoms with E-state index < -0.39 is 17.6 Å². The summed E-state index contributed by atoms with van der Waals surface area (Å²) in [5.41, 5.74) is -0.0243. The fraction of sp³-hybridized carbons (Fsp3) is 0.143. The average molecular weight is 270 g/mol. The first kappa shape index (κ1) is 13.4. The van der Waals surface area contributed by atoms with Crippen LogP contribution in [-0.2, 0) is 6.18 Å². The second kappa shape index (κ2) is 4.57. The third-order valence-electron chi connectivity index (χ3n) is 2.80. The van der Waals surface area contributed by atoms with Gasteiger partial charge in [0.2, 0.25) is 0 Å². The Bertz CT molecular complexity index is 617. The molecule has 2 aromatic carbocycles. The summed E-state index contributed by atoms with van der Waals surface area (Å²) >= 11 is 0. The van der Waals surface area contributed by atoms with E-state index in [1.165, 1.54) is 18.2 Å². The Morgan fingerprint density at radius 2 is 1.53 bits per heavy atom. The highest BCUT2D eigenvalue weighted by Gasteiger charge is 2.34. The highest BCUT2D eigenvalue weighted by molar-refractivity contribution is 5.66. The van der Waals surface area contributed by atoms with Crippen molar-refractivity contribution >= 4 is 0 Å². The summed E-state index contributed by atoms with van der Waals surface area (Å²) < 4.78 is 51.0. The quantitative estimate of drug-likeness (QED) is 0.755. The first-order chi connectivity index (χ1) is 8.79. The molecule has 0 aliphatic rings. The van der Waals surface area contributed by atoms with Crippen molar-refractivity contribution < 1.29 is 22.7 Å². The van der Waals surface area contributed by atoms with E-state index in [1.807, 2.05) is 0 Å². The molecule has 5 heteroatoms. The van der Waals surface area contributed by atoms with E-state index in [4.69, 9.17) is 0 Å². The molecule has 0 fully saturated rings. The number of hydrogen-bond donors (Lipinski definition) is 1. The predicted molar refractivity (Wildman–Crippen MR) is 63.2 cm³/mol. The van der Waals surface area contributed by atoms with Crippen molar-refractivity contribution in [3.8, 4) is 16.9 Å². The summed E-state index contributed by atoms with van der Waals surface area (Å²) in [6, 6.07) is 7.25. The molecule has 0 amide bonds. The molecule has 0 atom stereocenters. The molecule has 0 saturated carbocycles. The number of hydrogen-bond acceptors (Lipinski definition) is 1. The monoisotopic (exact) mass is 270 g/mol. The second-order valence-electron chi connectivity index (χ2n) is 4.19. The van der Waals surface area contributed by atoms with Gasteiger partial charge >= 0.3 is 6.18 Å². The molecule has 1 nitrogen and oxygen atoms in total. The Hall–Kier alpha value is -2.04. The Labute approximate surface area is 107 Å². The molecule has 100 valence electrons. The summed E-state index contributed by atoms with van der Waals surface area (Å²) in [6.07, 6.45) is -4.73. The molecule has 2 rings (SSSR count). The highest BCUT2D eigenvalue weighted by atomic mass is 19.4. The van der Waals surface area contributed by atoms with Gasteiger partial charge in [0.05, 0.1) is 5.56 Å². The number of phenolic OH excluding ortho intramolecular Hbond substituents is 1. The number of aryl methyl sites for hydroxylation is 1. The molecule has 0 aliphatic carbocycles. The van der Waals surface area contributed by atoms with Crippen molar-refractivity contribution in [3.63, 3.8) is 0 Å². The molecule has 0 saturated heterocycles. The maximum absolute atomic E-state index is 13.2. The number of alkyl halides is 3. The predicted octanol–water partition coefficient (Wildman–Crippen LogP) is 4.53. The van der Waals surface area contributed by atoms with Crippen molar-refractivity contribution in [2.24, 2.45) is 0 Å². The van der Waals surface area contributed by atoms with Crippen LogP contribution >= 0.6 is 0 Å². The number of benzene rings is 2. The molecule has 1 N–H and O–H groups in total. The summed E-state index contributed by atoms with van der Waals surface area (Å²) in [5, 5.41) is 9.38. The number of halogens is 4. The van der Waals surface area contributed by atoms with Crippen LogP contribution in [0.25, 0.3) is 11.1 Å². The van der Waals surface area contributed by atoms with Crippen LogP contribution in [0.2, 0.25) is 0 Å². The van der Waals surface area contributed by atoms with Gasteiger partial charge in [-0.3, -0.25) is 0 Å². The standard InChI is InChI=1S/C14H10F4O/c1-8-6-9(3-5-13(8)19)10-2-4-12(15)11(7-10)14(16,17)18/h2-7,19H,1H3. The normalized spacial score (nSPS) is 11.6. The van der Waals surface area contributed by atoms with Gasteiger partial charge in [-0.25, -0.2) is 4.39 Å². The van der Waals surface area contributed by atoms with Crippen LogP contribution in [0.4, 0.5) is 17.6 Å². The lowest BCUT2D eigenvalue weighted by molar-refractivity contribution is -0.139. The van der Waals surface area contributed by atoms with Crippen LogP contribution in [0.15, 0.2) is 36.4 Å². The highest BCUT2D eigenvalue weighted by Crippen LogP contribution is 2.35. The minimum absolute atomic E-state index is 0.0573. The van der Waals surface area contributed by atoms with Gasteiger partial charge in [0.1, 0.15) is 11.6 Å². The molecule has 2 aromatic rings. The second-order valence-corrected chi connectivity index (χ2v) is 4.19. The Kier molecular flexibility index (Phi) is 3.22. The smallest absolute Gasteiger partial charge is 0.419 e. The van der Waals surface area contributed by atoms with Crippen molar-refractivity contribution in [2.75, 3.05) is 0 Å². The summed E-state index contributed by atoms with van der Waals surface area (Å²) in [6.45, 7) is 1.63. The number of phenols is 1. The number of rotatable bonds is 1. The van der Waals surface area contributed by atoms with Gasteiger partial charge in [0.15, 0.2) is 0 Å². The summed E-state index contributed by atoms with van der Waals surface area (Å²) in [4.78, 5) is 0. The largest absolute Gasteiger partial charge is 0.508 e. The third-order valence-corrected chi connectivity index (χ3v) is 2.80. The maximum Gasteiger partial charge on any atom is 0.419 e. The fourth-order valence-electron chi connectivity index (χ4n) is 1.76. The topological polar surface area (TPSA) is 20.2 Å². The molecule has 0 spiro atoms. The lowest BCUT2D eigenvalue weighted by Crippen LogP contribution is -2.08. The third kappa shape index (κ3) is 2.70. The van der Waals surface area contributed by atoms with Crippen LogP contribution in [0, 0.1) is 12.7 Å². The molecule has 0 unspecified atom stereocenters. The van der Waals surface area contributed by atoms with Gasteiger partial charge < -0.3 is 5.11 Å². The lowest BCUT2D eigenvalue weighted by Gasteiger charge is -2.11. The van der Waals surface area contributed by atoms with E-state index in [0.717, 1.165) is 12.1 Å². The molecule has 19 heavy (non-hydrogen) atoms. The van der Waals surface area contributed by atoms with Crippen molar-refractivity contribution in [1.82, 2.24) is 0 Å². The van der Waals surface area contributed by atoms with E-state index in [1.54, 1.807) is 13.0 Å². The minimum Gasteiger partial charge on any atom is -0.508 e. The van der Waals surface area contributed by atoms with Crippen LogP contribution in [0.5, 0.6) is 5.75 Å². The van der Waals surface area contributed by atoms with Crippen LogP contribution in [0.3, 0.4) is 0 Å². The van der Waals surface area contributed by atoms with Crippen molar-refractivity contribution in [3.05, 3.63) is 53.3 Å². The Morgan fingerprint density at radius 3 is 2.11 bits per heavy atom. The zero-order chi connectivity index (χ0) is 14.2. The average Bonchev–Trinajstić information content (AvgIpc) is 2.32. The van der Waals surface area contributed by atoms with Gasteiger partial charge in [-0.15, -0.1) is 0 Å². The lowest BCUT2D eigenvalue weighted by atomic mass is 10.0.